The van der Waals surface area contributed by atoms with Gasteiger partial charge in [-0.3, -0.25) is 10.1 Å². The first-order chi connectivity index (χ1) is 15.2. The largest absolute Gasteiger partial charge is 0.403 e. The molecule has 1 aliphatic heterocycles. The number of anilines is 1. The second-order valence-corrected chi connectivity index (χ2v) is 11.0. The number of hydrogen-bond donors (Lipinski definition) is 1. The standard InChI is InChI=1S/C22H23BrN4O4S/c1-14-11-15(2)13-27(12-14)32(29,30)19-9-5-16(6-10-19)20(28)24-22-26-25-21(31-22)17-3-7-18(23)8-4-17/h3-10,14-15H,11-13H2,1-2H3,(H,24,26,28)/t14-,15+. The Bertz CT molecular complexity index is 1200. The van der Waals surface area contributed by atoms with Gasteiger partial charge in [-0.1, -0.05) is 34.9 Å². The molecule has 8 nitrogen and oxygen atoms in total. The van der Waals surface area contributed by atoms with E-state index < -0.39 is 15.9 Å². The number of halogens is 1. The fraction of sp³-hybridized carbons (Fsp3) is 0.318. The van der Waals surface area contributed by atoms with Crippen LogP contribution in [0.25, 0.3) is 11.5 Å². The van der Waals surface area contributed by atoms with E-state index in [0.717, 1.165) is 16.5 Å². The molecule has 2 atom stereocenters. The average molecular weight is 519 g/mol. The van der Waals surface area contributed by atoms with Gasteiger partial charge in [-0.15, -0.1) is 5.10 Å². The monoisotopic (exact) mass is 518 g/mol. The lowest BCUT2D eigenvalue weighted by Crippen LogP contribution is -2.42. The molecule has 1 N–H and O–H groups in total. The normalized spacial score (nSPS) is 19.6. The van der Waals surface area contributed by atoms with Crippen LogP contribution in [0.3, 0.4) is 0 Å². The van der Waals surface area contributed by atoms with Gasteiger partial charge in [0, 0.05) is 28.7 Å². The van der Waals surface area contributed by atoms with Crippen LogP contribution in [0.15, 0.2) is 62.3 Å². The molecule has 4 rings (SSSR count). The number of sulfonamides is 1. The average Bonchev–Trinajstić information content (AvgIpc) is 3.22. The van der Waals surface area contributed by atoms with Gasteiger partial charge < -0.3 is 4.42 Å². The van der Waals surface area contributed by atoms with Crippen molar-refractivity contribution in [3.05, 3.63) is 58.6 Å². The van der Waals surface area contributed by atoms with Crippen LogP contribution < -0.4 is 5.32 Å². The fourth-order valence-electron chi connectivity index (χ4n) is 3.88. The lowest BCUT2D eigenvalue weighted by atomic mass is 9.94. The lowest BCUT2D eigenvalue weighted by molar-refractivity contribution is 0.102. The van der Waals surface area contributed by atoms with Crippen LogP contribution in [0.5, 0.6) is 0 Å². The minimum atomic E-state index is -3.60. The van der Waals surface area contributed by atoms with Gasteiger partial charge in [0.25, 0.3) is 5.91 Å². The maximum absolute atomic E-state index is 13.0. The Morgan fingerprint density at radius 3 is 2.28 bits per heavy atom. The molecule has 1 aliphatic rings. The Hall–Kier alpha value is -2.56. The van der Waals surface area contributed by atoms with Gasteiger partial charge in [0.05, 0.1) is 4.90 Å². The third-order valence-electron chi connectivity index (χ3n) is 5.33. The highest BCUT2D eigenvalue weighted by Gasteiger charge is 2.31. The summed E-state index contributed by atoms with van der Waals surface area (Å²) in [4.78, 5) is 12.7. The van der Waals surface area contributed by atoms with E-state index in [1.54, 1.807) is 0 Å². The van der Waals surface area contributed by atoms with Crippen LogP contribution in [-0.2, 0) is 10.0 Å². The Labute approximate surface area is 195 Å². The topological polar surface area (TPSA) is 105 Å². The Kier molecular flexibility index (Phi) is 6.45. The summed E-state index contributed by atoms with van der Waals surface area (Å²) in [5, 5.41) is 10.3. The molecular weight excluding hydrogens is 496 g/mol. The van der Waals surface area contributed by atoms with Crippen LogP contribution >= 0.6 is 15.9 Å². The highest BCUT2D eigenvalue weighted by atomic mass is 79.9. The van der Waals surface area contributed by atoms with E-state index in [9.17, 15) is 13.2 Å². The van der Waals surface area contributed by atoms with Crippen molar-refractivity contribution >= 4 is 37.9 Å². The third-order valence-corrected chi connectivity index (χ3v) is 7.70. The van der Waals surface area contributed by atoms with Gasteiger partial charge >= 0.3 is 6.01 Å². The SMILES string of the molecule is C[C@@H]1C[C@H](C)CN(S(=O)(=O)c2ccc(C(=O)Nc3nnc(-c4ccc(Br)cc4)o3)cc2)C1. The first-order valence-corrected chi connectivity index (χ1v) is 12.5. The van der Waals surface area contributed by atoms with E-state index in [1.807, 2.05) is 24.3 Å². The first-order valence-electron chi connectivity index (χ1n) is 10.2. The molecule has 0 unspecified atom stereocenters. The Morgan fingerprint density at radius 2 is 1.66 bits per heavy atom. The zero-order valence-corrected chi connectivity index (χ0v) is 20.1. The molecule has 168 valence electrons. The van der Waals surface area contributed by atoms with Crippen LogP contribution in [0, 0.1) is 11.8 Å². The van der Waals surface area contributed by atoms with Crippen LogP contribution in [0.4, 0.5) is 6.01 Å². The summed E-state index contributed by atoms with van der Waals surface area (Å²) in [7, 11) is -3.60. The van der Waals surface area contributed by atoms with Crippen LogP contribution in [0.1, 0.15) is 30.6 Å². The molecule has 10 heteroatoms. The molecule has 1 aromatic heterocycles. The number of carbonyl (C=O) groups excluding carboxylic acids is 1. The first kappa shape index (κ1) is 22.6. The molecular formula is C22H23BrN4O4S. The second-order valence-electron chi connectivity index (χ2n) is 8.17. The number of piperidine rings is 1. The molecule has 0 radical (unpaired) electrons. The summed E-state index contributed by atoms with van der Waals surface area (Å²) in [5.41, 5.74) is 1.00. The lowest BCUT2D eigenvalue weighted by Gasteiger charge is -2.34. The van der Waals surface area contributed by atoms with Crippen molar-refractivity contribution in [2.75, 3.05) is 18.4 Å². The predicted octanol–water partition coefficient (Wildman–Crippen LogP) is 4.42. The number of nitrogens with zero attached hydrogens (tertiary/aromatic N) is 3. The van der Waals surface area contributed by atoms with E-state index in [-0.39, 0.29) is 22.4 Å². The summed E-state index contributed by atoms with van der Waals surface area (Å²) < 4.78 is 34.0. The summed E-state index contributed by atoms with van der Waals surface area (Å²) in [6.45, 7) is 5.14. The Balaban J connectivity index is 1.45. The summed E-state index contributed by atoms with van der Waals surface area (Å²) in [5.74, 6) is 0.435. The van der Waals surface area contributed by atoms with Crippen molar-refractivity contribution in [1.29, 1.82) is 0 Å². The summed E-state index contributed by atoms with van der Waals surface area (Å²) in [6.07, 6.45) is 1.02. The molecule has 1 saturated heterocycles. The maximum atomic E-state index is 13.0. The number of carbonyl (C=O) groups is 1. The molecule has 32 heavy (non-hydrogen) atoms. The van der Waals surface area contributed by atoms with Crippen molar-refractivity contribution in [1.82, 2.24) is 14.5 Å². The van der Waals surface area contributed by atoms with E-state index in [0.29, 0.717) is 24.9 Å². The van der Waals surface area contributed by atoms with E-state index in [1.165, 1.54) is 28.6 Å². The van der Waals surface area contributed by atoms with Crippen molar-refractivity contribution < 1.29 is 17.6 Å². The molecule has 0 spiro atoms. The minimum absolute atomic E-state index is 0.0408. The van der Waals surface area contributed by atoms with Crippen molar-refractivity contribution in [2.45, 2.75) is 25.2 Å². The number of hydrogen-bond acceptors (Lipinski definition) is 6. The molecule has 0 bridgehead atoms. The molecule has 3 aromatic rings. The number of aromatic nitrogens is 2. The zero-order chi connectivity index (χ0) is 22.9. The van der Waals surface area contributed by atoms with Crippen LogP contribution in [-0.4, -0.2) is 41.9 Å². The second kappa shape index (κ2) is 9.13. The number of benzene rings is 2. The number of amides is 1. The maximum Gasteiger partial charge on any atom is 0.322 e. The van der Waals surface area contributed by atoms with E-state index >= 15 is 0 Å². The van der Waals surface area contributed by atoms with Gasteiger partial charge in [0.1, 0.15) is 0 Å². The summed E-state index contributed by atoms with van der Waals surface area (Å²) in [6, 6.07) is 13.1. The predicted molar refractivity (Wildman–Crippen MR) is 124 cm³/mol. The third kappa shape index (κ3) is 4.92. The van der Waals surface area contributed by atoms with Gasteiger partial charge in [-0.25, -0.2) is 8.42 Å². The van der Waals surface area contributed by atoms with Gasteiger partial charge in [-0.2, -0.15) is 4.31 Å². The van der Waals surface area contributed by atoms with Gasteiger partial charge in [0.2, 0.25) is 15.9 Å². The molecule has 0 aliphatic carbocycles. The number of nitrogens with one attached hydrogen (secondary N) is 1. The van der Waals surface area contributed by atoms with E-state index in [4.69, 9.17) is 4.42 Å². The highest BCUT2D eigenvalue weighted by Crippen LogP contribution is 2.27. The highest BCUT2D eigenvalue weighted by molar-refractivity contribution is 9.10. The molecule has 0 saturated carbocycles. The molecule has 1 fully saturated rings. The van der Waals surface area contributed by atoms with E-state index in [2.05, 4.69) is 45.3 Å². The zero-order valence-electron chi connectivity index (χ0n) is 17.7. The molecule has 2 aromatic carbocycles. The minimum Gasteiger partial charge on any atom is -0.403 e. The Morgan fingerprint density at radius 1 is 1.03 bits per heavy atom. The molecule has 2 heterocycles. The number of rotatable bonds is 5. The van der Waals surface area contributed by atoms with Crippen molar-refractivity contribution in [3.8, 4) is 11.5 Å². The quantitative estimate of drug-likeness (QED) is 0.535. The van der Waals surface area contributed by atoms with Crippen molar-refractivity contribution in [2.24, 2.45) is 11.8 Å². The smallest absolute Gasteiger partial charge is 0.322 e. The van der Waals surface area contributed by atoms with Crippen molar-refractivity contribution in [3.63, 3.8) is 0 Å². The molecule has 1 amide bonds. The van der Waals surface area contributed by atoms with Gasteiger partial charge in [-0.05, 0) is 66.8 Å². The summed E-state index contributed by atoms with van der Waals surface area (Å²) >= 11 is 3.36. The van der Waals surface area contributed by atoms with Gasteiger partial charge in [0.15, 0.2) is 0 Å². The van der Waals surface area contributed by atoms with Crippen LogP contribution in [0.2, 0.25) is 0 Å². The fourth-order valence-corrected chi connectivity index (χ4v) is 5.83.